The molecule has 5 aromatic rings. The van der Waals surface area contributed by atoms with Crippen molar-refractivity contribution in [2.24, 2.45) is 0 Å². The number of hydrogen-bond donors (Lipinski definition) is 2. The van der Waals surface area contributed by atoms with Crippen LogP contribution in [0.25, 0.3) is 44.2 Å². The number of anilines is 1. The Hall–Kier alpha value is -4.57. The van der Waals surface area contributed by atoms with E-state index in [4.69, 9.17) is 5.26 Å². The van der Waals surface area contributed by atoms with Gasteiger partial charge in [0.15, 0.2) is 0 Å². The van der Waals surface area contributed by atoms with E-state index < -0.39 is 0 Å². The molecule has 0 bridgehead atoms. The van der Waals surface area contributed by atoms with E-state index in [1.807, 2.05) is 30.3 Å². The van der Waals surface area contributed by atoms with E-state index in [9.17, 15) is 4.79 Å². The van der Waals surface area contributed by atoms with Gasteiger partial charge in [0.2, 0.25) is 5.91 Å². The summed E-state index contributed by atoms with van der Waals surface area (Å²) in [5.41, 5.74) is 6.47. The van der Waals surface area contributed by atoms with Gasteiger partial charge in [-0.15, -0.1) is 0 Å². The van der Waals surface area contributed by atoms with E-state index in [1.54, 1.807) is 30.7 Å². The molecule has 7 nitrogen and oxygen atoms in total. The first-order chi connectivity index (χ1) is 15.1. The molecule has 2 aromatic carbocycles. The highest BCUT2D eigenvalue weighted by Crippen LogP contribution is 2.34. The number of H-pyrrole nitrogens is 1. The SMILES string of the molecule is CC(=O)Nc1cncc(-c2ccc3ncc4[nH]nc(-c5ccc(C#N)cc5)c4c3c2)c1. The molecule has 7 heteroatoms. The Balaban J connectivity index is 1.69. The Morgan fingerprint density at radius 3 is 2.58 bits per heavy atom. The van der Waals surface area contributed by atoms with Crippen LogP contribution in [-0.2, 0) is 4.79 Å². The van der Waals surface area contributed by atoms with Gasteiger partial charge >= 0.3 is 0 Å². The lowest BCUT2D eigenvalue weighted by Gasteiger charge is -2.08. The van der Waals surface area contributed by atoms with Crippen molar-refractivity contribution in [3.8, 4) is 28.5 Å². The van der Waals surface area contributed by atoms with Gasteiger partial charge in [-0.2, -0.15) is 10.4 Å². The fraction of sp³-hybridized carbons (Fsp3) is 0.0417. The number of amides is 1. The van der Waals surface area contributed by atoms with Crippen LogP contribution in [0.3, 0.4) is 0 Å². The lowest BCUT2D eigenvalue weighted by molar-refractivity contribution is -0.114. The maximum atomic E-state index is 11.4. The molecule has 0 fully saturated rings. The summed E-state index contributed by atoms with van der Waals surface area (Å²) >= 11 is 0. The third-order valence-corrected chi connectivity index (χ3v) is 5.07. The summed E-state index contributed by atoms with van der Waals surface area (Å²) in [5.74, 6) is -0.145. The number of rotatable bonds is 3. The predicted molar refractivity (Wildman–Crippen MR) is 119 cm³/mol. The van der Waals surface area contributed by atoms with Crippen LogP contribution in [0.4, 0.5) is 5.69 Å². The Kier molecular flexibility index (Phi) is 4.38. The smallest absolute Gasteiger partial charge is 0.221 e. The number of aromatic amines is 1. The van der Waals surface area contributed by atoms with Crippen molar-refractivity contribution < 1.29 is 4.79 Å². The molecular weight excluding hydrogens is 388 g/mol. The first-order valence-corrected chi connectivity index (χ1v) is 9.63. The molecular formula is C24H16N6O. The Bertz CT molecular complexity index is 1490. The number of pyridine rings is 2. The highest BCUT2D eigenvalue weighted by molar-refractivity contribution is 6.11. The van der Waals surface area contributed by atoms with Crippen molar-refractivity contribution in [2.45, 2.75) is 6.92 Å². The number of fused-ring (bicyclic) bond motifs is 3. The normalized spacial score (nSPS) is 10.8. The van der Waals surface area contributed by atoms with Crippen molar-refractivity contribution in [1.82, 2.24) is 20.2 Å². The quantitative estimate of drug-likeness (QED) is 0.454. The molecule has 3 heterocycles. The van der Waals surface area contributed by atoms with Crippen molar-refractivity contribution in [3.05, 3.63) is 72.7 Å². The molecule has 5 rings (SSSR count). The van der Waals surface area contributed by atoms with Crippen LogP contribution in [0, 0.1) is 11.3 Å². The first kappa shape index (κ1) is 18.5. The summed E-state index contributed by atoms with van der Waals surface area (Å²) in [6.45, 7) is 1.47. The van der Waals surface area contributed by atoms with Gasteiger partial charge in [-0.25, -0.2) is 0 Å². The molecule has 0 spiro atoms. The molecule has 0 aliphatic heterocycles. The second kappa shape index (κ2) is 7.35. The fourth-order valence-electron chi connectivity index (χ4n) is 3.67. The minimum absolute atomic E-state index is 0.145. The van der Waals surface area contributed by atoms with E-state index in [2.05, 4.69) is 37.6 Å². The van der Waals surface area contributed by atoms with Gasteiger partial charge in [0.25, 0.3) is 0 Å². The molecule has 0 atom stereocenters. The summed E-state index contributed by atoms with van der Waals surface area (Å²) < 4.78 is 0. The maximum Gasteiger partial charge on any atom is 0.221 e. The molecule has 0 aliphatic carbocycles. The standard InChI is InChI=1S/C24H16N6O/c1-14(31)28-19-8-18(11-26-12-19)17-6-7-21-20(9-17)23-22(13-27-21)29-30-24(23)16-4-2-15(10-25)3-5-16/h2-9,11-13H,1H3,(H,28,31)(H,29,30). The van der Waals surface area contributed by atoms with Crippen molar-refractivity contribution in [2.75, 3.05) is 5.32 Å². The van der Waals surface area contributed by atoms with E-state index in [1.165, 1.54) is 6.92 Å². The number of carbonyl (C=O) groups is 1. The molecule has 0 saturated heterocycles. The van der Waals surface area contributed by atoms with Gasteiger partial charge in [-0.3, -0.25) is 19.9 Å². The molecule has 0 aliphatic rings. The average Bonchev–Trinajstić information content (AvgIpc) is 3.23. The Morgan fingerprint density at radius 1 is 1.00 bits per heavy atom. The second-order valence-corrected chi connectivity index (χ2v) is 7.18. The summed E-state index contributed by atoms with van der Waals surface area (Å²) in [7, 11) is 0. The van der Waals surface area contributed by atoms with Crippen LogP contribution in [0.1, 0.15) is 12.5 Å². The number of aromatic nitrogens is 4. The number of hydrogen-bond acceptors (Lipinski definition) is 5. The molecule has 0 saturated carbocycles. The number of nitriles is 1. The minimum Gasteiger partial charge on any atom is -0.325 e. The number of benzene rings is 2. The van der Waals surface area contributed by atoms with Crippen molar-refractivity contribution in [1.29, 1.82) is 5.26 Å². The van der Waals surface area contributed by atoms with Gasteiger partial charge in [0.05, 0.1) is 40.7 Å². The summed E-state index contributed by atoms with van der Waals surface area (Å²) in [5, 5.41) is 21.3. The Labute approximate surface area is 177 Å². The number of nitrogens with one attached hydrogen (secondary N) is 2. The van der Waals surface area contributed by atoms with E-state index >= 15 is 0 Å². The van der Waals surface area contributed by atoms with E-state index in [0.29, 0.717) is 11.3 Å². The van der Waals surface area contributed by atoms with Crippen molar-refractivity contribution in [3.63, 3.8) is 0 Å². The largest absolute Gasteiger partial charge is 0.325 e. The Morgan fingerprint density at radius 2 is 1.81 bits per heavy atom. The van der Waals surface area contributed by atoms with Crippen LogP contribution in [-0.4, -0.2) is 26.1 Å². The van der Waals surface area contributed by atoms with Gasteiger partial charge in [-0.05, 0) is 35.9 Å². The van der Waals surface area contributed by atoms with Crippen molar-refractivity contribution >= 4 is 33.4 Å². The van der Waals surface area contributed by atoms with Gasteiger partial charge < -0.3 is 5.32 Å². The highest BCUT2D eigenvalue weighted by Gasteiger charge is 2.14. The van der Waals surface area contributed by atoms with E-state index in [-0.39, 0.29) is 5.91 Å². The number of nitrogens with zero attached hydrogens (tertiary/aromatic N) is 4. The fourth-order valence-corrected chi connectivity index (χ4v) is 3.67. The maximum absolute atomic E-state index is 11.4. The molecule has 31 heavy (non-hydrogen) atoms. The monoisotopic (exact) mass is 404 g/mol. The molecule has 0 unspecified atom stereocenters. The molecule has 2 N–H and O–H groups in total. The topological polar surface area (TPSA) is 107 Å². The minimum atomic E-state index is -0.145. The van der Waals surface area contributed by atoms with Gasteiger partial charge in [0, 0.05) is 35.0 Å². The van der Waals surface area contributed by atoms with Gasteiger partial charge in [0.1, 0.15) is 5.69 Å². The summed E-state index contributed by atoms with van der Waals surface area (Å²) in [6.07, 6.45) is 5.15. The van der Waals surface area contributed by atoms with Crippen LogP contribution >= 0.6 is 0 Å². The average molecular weight is 404 g/mol. The third-order valence-electron chi connectivity index (χ3n) is 5.07. The molecule has 3 aromatic heterocycles. The zero-order valence-electron chi connectivity index (χ0n) is 16.5. The second-order valence-electron chi connectivity index (χ2n) is 7.18. The van der Waals surface area contributed by atoms with Crippen LogP contribution in [0.15, 0.2) is 67.1 Å². The summed E-state index contributed by atoms with van der Waals surface area (Å²) in [6, 6.07) is 17.4. The third kappa shape index (κ3) is 3.36. The van der Waals surface area contributed by atoms with E-state index in [0.717, 1.165) is 44.2 Å². The lowest BCUT2D eigenvalue weighted by atomic mass is 10.00. The van der Waals surface area contributed by atoms with Crippen LogP contribution < -0.4 is 5.32 Å². The van der Waals surface area contributed by atoms with Gasteiger partial charge in [-0.1, -0.05) is 18.2 Å². The zero-order valence-corrected chi connectivity index (χ0v) is 16.5. The zero-order chi connectivity index (χ0) is 21.4. The lowest BCUT2D eigenvalue weighted by Crippen LogP contribution is -2.05. The van der Waals surface area contributed by atoms with Crippen LogP contribution in [0.5, 0.6) is 0 Å². The molecule has 0 radical (unpaired) electrons. The number of carbonyl (C=O) groups excluding carboxylic acids is 1. The first-order valence-electron chi connectivity index (χ1n) is 9.63. The highest BCUT2D eigenvalue weighted by atomic mass is 16.1. The predicted octanol–water partition coefficient (Wildman–Crippen LogP) is 4.67. The molecule has 148 valence electrons. The summed E-state index contributed by atoms with van der Waals surface area (Å²) in [4.78, 5) is 20.2. The van der Waals surface area contributed by atoms with Crippen LogP contribution in [0.2, 0.25) is 0 Å². The molecule has 1 amide bonds.